The molecule has 10 heteroatoms. The van der Waals surface area contributed by atoms with Crippen LogP contribution >= 0.6 is 0 Å². The van der Waals surface area contributed by atoms with Crippen LogP contribution in [0.15, 0.2) is 0 Å². The second kappa shape index (κ2) is 13.6. The Kier molecular flexibility index (Phi) is 11.9. The average Bonchev–Trinajstić information content (AvgIpc) is 2.62. The summed E-state index contributed by atoms with van der Waals surface area (Å²) >= 11 is 0. The molecule has 2 N–H and O–H groups in total. The lowest BCUT2D eigenvalue weighted by molar-refractivity contribution is -0.142. The van der Waals surface area contributed by atoms with Crippen LogP contribution in [0.5, 0.6) is 0 Å². The van der Waals surface area contributed by atoms with Gasteiger partial charge < -0.3 is 14.9 Å². The summed E-state index contributed by atoms with van der Waals surface area (Å²) in [4.78, 5) is 42.6. The van der Waals surface area contributed by atoms with Crippen LogP contribution in [0.3, 0.4) is 0 Å². The third kappa shape index (κ3) is 11.9. The number of aliphatic hydroxyl groups is 1. The van der Waals surface area contributed by atoms with Crippen molar-refractivity contribution in [2.75, 3.05) is 85.6 Å². The lowest BCUT2D eigenvalue weighted by atomic mass is 10.3. The highest BCUT2D eigenvalue weighted by Crippen LogP contribution is 2.02. The van der Waals surface area contributed by atoms with Gasteiger partial charge in [-0.25, -0.2) is 0 Å². The maximum Gasteiger partial charge on any atom is 0.319 e. The van der Waals surface area contributed by atoms with Crippen LogP contribution in [0.2, 0.25) is 0 Å². The lowest BCUT2D eigenvalue weighted by Gasteiger charge is -2.33. The summed E-state index contributed by atoms with van der Waals surface area (Å²) < 4.78 is 4.77. The van der Waals surface area contributed by atoms with Crippen molar-refractivity contribution < 1.29 is 29.3 Å². The van der Waals surface area contributed by atoms with Crippen molar-refractivity contribution in [2.24, 2.45) is 0 Å². The Morgan fingerprint density at radius 2 is 1.24 bits per heavy atom. The Labute approximate surface area is 173 Å². The standard InChI is InChI=1S/C19H36N4O6/c1-16(24)12-20-4-5-21(13-17(2)25)7-10-23(15-19(28)29-3)11-9-22(8-6-20)14-18(26)27/h16,24H,4-15H2,1-3H3,(H,26,27). The Morgan fingerprint density at radius 1 is 0.828 bits per heavy atom. The molecular weight excluding hydrogens is 380 g/mol. The number of hydrogen-bond acceptors (Lipinski definition) is 9. The van der Waals surface area contributed by atoms with Gasteiger partial charge in [-0.15, -0.1) is 0 Å². The fourth-order valence-corrected chi connectivity index (χ4v) is 3.36. The SMILES string of the molecule is COC(=O)CN1CCN(CC(C)=O)CCN(CC(C)O)CCN(CC(=O)O)CC1. The van der Waals surface area contributed by atoms with Crippen LogP contribution < -0.4 is 0 Å². The van der Waals surface area contributed by atoms with Gasteiger partial charge in [0.05, 0.1) is 32.8 Å². The van der Waals surface area contributed by atoms with E-state index in [2.05, 4.69) is 9.80 Å². The predicted octanol–water partition coefficient (Wildman–Crippen LogP) is -1.56. The summed E-state index contributed by atoms with van der Waals surface area (Å²) in [6, 6.07) is 0. The molecule has 1 aliphatic rings. The van der Waals surface area contributed by atoms with Crippen molar-refractivity contribution in [1.82, 2.24) is 19.6 Å². The molecule has 29 heavy (non-hydrogen) atoms. The predicted molar refractivity (Wildman–Crippen MR) is 108 cm³/mol. The molecule has 0 spiro atoms. The molecule has 10 nitrogen and oxygen atoms in total. The summed E-state index contributed by atoms with van der Waals surface area (Å²) in [6.45, 7) is 8.81. The largest absolute Gasteiger partial charge is 0.480 e. The highest BCUT2D eigenvalue weighted by atomic mass is 16.5. The number of carboxylic acids is 1. The molecule has 0 bridgehead atoms. The van der Waals surface area contributed by atoms with E-state index in [1.54, 1.807) is 13.8 Å². The van der Waals surface area contributed by atoms with Crippen LogP contribution in [-0.4, -0.2) is 139 Å². The van der Waals surface area contributed by atoms with Crippen LogP contribution in [0.1, 0.15) is 13.8 Å². The molecular formula is C19H36N4O6. The minimum atomic E-state index is -0.897. The van der Waals surface area contributed by atoms with Gasteiger partial charge in [-0.05, 0) is 13.8 Å². The van der Waals surface area contributed by atoms with Crippen LogP contribution in [-0.2, 0) is 19.1 Å². The Morgan fingerprint density at radius 3 is 1.62 bits per heavy atom. The maximum absolute atomic E-state index is 11.7. The minimum absolute atomic E-state index is 0.0753. The maximum atomic E-state index is 11.7. The van der Waals surface area contributed by atoms with E-state index < -0.39 is 12.1 Å². The monoisotopic (exact) mass is 416 g/mol. The summed E-state index contributed by atoms with van der Waals surface area (Å²) in [5.41, 5.74) is 0. The molecule has 168 valence electrons. The number of carbonyl (C=O) groups excluding carboxylic acids is 2. The number of ketones is 1. The van der Waals surface area contributed by atoms with Crippen molar-refractivity contribution in [3.8, 4) is 0 Å². The number of β-amino-alcohol motifs (C(OH)–C–C–N with tert-alkyl or cyclic N) is 1. The zero-order valence-corrected chi connectivity index (χ0v) is 17.9. The zero-order valence-electron chi connectivity index (χ0n) is 17.9. The number of aliphatic hydroxyl groups excluding tert-OH is 1. The van der Waals surface area contributed by atoms with E-state index in [0.717, 1.165) is 0 Å². The smallest absolute Gasteiger partial charge is 0.319 e. The second-order valence-electron chi connectivity index (χ2n) is 7.65. The molecule has 0 saturated carbocycles. The third-order valence-electron chi connectivity index (χ3n) is 4.84. The molecule has 0 aromatic heterocycles. The van der Waals surface area contributed by atoms with E-state index in [9.17, 15) is 24.6 Å². The Bertz CT molecular complexity index is 499. The highest BCUT2D eigenvalue weighted by Gasteiger charge is 2.20. The normalized spacial score (nSPS) is 20.4. The number of carboxylic acid groups (broad SMARTS) is 1. The van der Waals surface area contributed by atoms with Crippen molar-refractivity contribution in [2.45, 2.75) is 20.0 Å². The number of hydrogen-bond donors (Lipinski definition) is 2. The first-order valence-corrected chi connectivity index (χ1v) is 10.0. The molecule has 0 radical (unpaired) electrons. The third-order valence-corrected chi connectivity index (χ3v) is 4.84. The number of Topliss-reactive ketones (excluding diaryl/α,β-unsaturated/α-hetero) is 1. The van der Waals surface area contributed by atoms with Crippen LogP contribution in [0, 0.1) is 0 Å². The topological polar surface area (TPSA) is 114 Å². The first-order chi connectivity index (χ1) is 13.7. The Hall–Kier alpha value is -1.59. The summed E-state index contributed by atoms with van der Waals surface area (Å²) in [5, 5.41) is 19.0. The van der Waals surface area contributed by atoms with Gasteiger partial charge in [-0.2, -0.15) is 0 Å². The van der Waals surface area contributed by atoms with Crippen molar-refractivity contribution >= 4 is 17.7 Å². The lowest BCUT2D eigenvalue weighted by Crippen LogP contribution is -2.49. The summed E-state index contributed by atoms with van der Waals surface area (Å²) in [7, 11) is 1.34. The molecule has 1 saturated heterocycles. The molecule has 0 aromatic carbocycles. The quantitative estimate of drug-likeness (QED) is 0.450. The molecule has 1 atom stereocenters. The van der Waals surface area contributed by atoms with E-state index in [0.29, 0.717) is 65.4 Å². The molecule has 1 fully saturated rings. The molecule has 0 aliphatic carbocycles. The van der Waals surface area contributed by atoms with Crippen molar-refractivity contribution in [3.63, 3.8) is 0 Å². The van der Waals surface area contributed by atoms with Gasteiger partial charge in [-0.1, -0.05) is 0 Å². The Balaban J connectivity index is 2.91. The van der Waals surface area contributed by atoms with E-state index in [-0.39, 0.29) is 24.8 Å². The van der Waals surface area contributed by atoms with E-state index in [1.807, 2.05) is 9.80 Å². The molecule has 1 heterocycles. The number of aliphatic carboxylic acids is 1. The van der Waals surface area contributed by atoms with E-state index in [4.69, 9.17) is 4.74 Å². The molecule has 1 aliphatic heterocycles. The second-order valence-corrected chi connectivity index (χ2v) is 7.65. The highest BCUT2D eigenvalue weighted by molar-refractivity contribution is 5.77. The number of carbonyl (C=O) groups is 3. The number of rotatable bonds is 8. The average molecular weight is 417 g/mol. The fourth-order valence-electron chi connectivity index (χ4n) is 3.36. The summed E-state index contributed by atoms with van der Waals surface area (Å²) in [5.74, 6) is -1.17. The van der Waals surface area contributed by atoms with Gasteiger partial charge in [0.2, 0.25) is 0 Å². The molecule has 0 aromatic rings. The van der Waals surface area contributed by atoms with Crippen molar-refractivity contribution in [1.29, 1.82) is 0 Å². The first-order valence-electron chi connectivity index (χ1n) is 10.0. The number of ether oxygens (including phenoxy) is 1. The van der Waals surface area contributed by atoms with Crippen molar-refractivity contribution in [3.05, 3.63) is 0 Å². The van der Waals surface area contributed by atoms with E-state index >= 15 is 0 Å². The van der Waals surface area contributed by atoms with Gasteiger partial charge in [0.25, 0.3) is 0 Å². The minimum Gasteiger partial charge on any atom is -0.480 e. The van der Waals surface area contributed by atoms with Crippen LogP contribution in [0.4, 0.5) is 0 Å². The zero-order chi connectivity index (χ0) is 21.8. The van der Waals surface area contributed by atoms with E-state index in [1.165, 1.54) is 7.11 Å². The number of esters is 1. The summed E-state index contributed by atoms with van der Waals surface area (Å²) in [6.07, 6.45) is -0.493. The van der Waals surface area contributed by atoms with Gasteiger partial charge in [-0.3, -0.25) is 34.0 Å². The number of methoxy groups -OCH3 is 1. The molecule has 1 unspecified atom stereocenters. The number of nitrogens with zero attached hydrogens (tertiary/aromatic N) is 4. The fraction of sp³-hybridized carbons (Fsp3) is 0.842. The van der Waals surface area contributed by atoms with Gasteiger partial charge in [0, 0.05) is 58.9 Å². The van der Waals surface area contributed by atoms with Crippen LogP contribution in [0.25, 0.3) is 0 Å². The van der Waals surface area contributed by atoms with Gasteiger partial charge >= 0.3 is 11.9 Å². The molecule has 0 amide bonds. The first kappa shape index (κ1) is 25.4. The van der Waals surface area contributed by atoms with Gasteiger partial charge in [0.1, 0.15) is 5.78 Å². The molecule has 1 rings (SSSR count). The van der Waals surface area contributed by atoms with Gasteiger partial charge in [0.15, 0.2) is 0 Å².